The first-order valence-electron chi connectivity index (χ1n) is 10.5. The van der Waals surface area contributed by atoms with Crippen LogP contribution in [-0.2, 0) is 23.0 Å². The predicted octanol–water partition coefficient (Wildman–Crippen LogP) is -6.30. The minimum absolute atomic E-state index is 0.0258. The van der Waals surface area contributed by atoms with Gasteiger partial charge in [-0.3, -0.25) is 23.5 Å². The van der Waals surface area contributed by atoms with Crippen molar-refractivity contribution in [1.82, 2.24) is 19.5 Å². The number of aldehydes is 1. The zero-order valence-electron chi connectivity index (χ0n) is 19.5. The molecule has 13 N–H and O–H groups in total. The number of carbonyl (C=O) groups excluding carboxylic acids is 1. The number of carbonyl (C=O) groups is 1. The summed E-state index contributed by atoms with van der Waals surface area (Å²) in [6.45, 7) is -1.21. The number of anilines is 1. The lowest BCUT2D eigenvalue weighted by molar-refractivity contribution is -0.136. The fraction of sp³-hybridized carbons (Fsp3) is 0.625. The van der Waals surface area contributed by atoms with Gasteiger partial charge in [0.2, 0.25) is 5.95 Å². The molecule has 10 atom stereocenters. The van der Waals surface area contributed by atoms with Crippen LogP contribution in [-0.4, -0.2) is 132 Å². The summed E-state index contributed by atoms with van der Waals surface area (Å²) in [5, 5.41) is 72.3. The summed E-state index contributed by atoms with van der Waals surface area (Å²) >= 11 is 0. The monoisotopic (exact) mass is 609 g/mol. The number of hydrogen-bond donors (Lipinski definition) is 12. The van der Waals surface area contributed by atoms with Crippen molar-refractivity contribution in [2.75, 3.05) is 18.9 Å². The van der Waals surface area contributed by atoms with E-state index in [0.29, 0.717) is 0 Å². The number of aliphatic hydroxyl groups excluding tert-OH is 8. The normalized spacial score (nSPS) is 25.3. The van der Waals surface area contributed by atoms with Crippen molar-refractivity contribution in [2.45, 2.75) is 49.0 Å². The molecule has 0 saturated carbocycles. The maximum atomic E-state index is 11.7. The molecule has 0 amide bonds. The second-order valence-corrected chi connectivity index (χ2v) is 9.38. The van der Waals surface area contributed by atoms with Crippen LogP contribution in [0.2, 0.25) is 0 Å². The van der Waals surface area contributed by atoms with Crippen molar-refractivity contribution < 1.29 is 73.6 Å². The van der Waals surface area contributed by atoms with Gasteiger partial charge in [0.1, 0.15) is 42.7 Å². The van der Waals surface area contributed by atoms with Crippen LogP contribution in [0.4, 0.5) is 5.95 Å². The molecule has 1 fully saturated rings. The van der Waals surface area contributed by atoms with E-state index >= 15 is 0 Å². The maximum Gasteiger partial charge on any atom is 0.323 e. The third-order valence-electron chi connectivity index (χ3n) is 4.84. The van der Waals surface area contributed by atoms with Gasteiger partial charge in [-0.2, -0.15) is 4.98 Å². The number of nitrogen functional groups attached to an aromatic ring is 1. The van der Waals surface area contributed by atoms with Gasteiger partial charge in [-0.05, 0) is 0 Å². The lowest BCUT2D eigenvalue weighted by atomic mass is 10.0. The molecule has 6 unspecified atom stereocenters. The number of hydrogen-bond acceptors (Lipinski definition) is 17. The summed E-state index contributed by atoms with van der Waals surface area (Å²) in [6.07, 6.45) is -10.1. The quantitative estimate of drug-likeness (QED) is 0.0928. The molecule has 0 radical (unpaired) electrons. The van der Waals surface area contributed by atoms with Crippen LogP contribution in [0.1, 0.15) is 6.23 Å². The second kappa shape index (κ2) is 16.2. The van der Waals surface area contributed by atoms with E-state index in [9.17, 15) is 28.9 Å². The van der Waals surface area contributed by atoms with Gasteiger partial charge < -0.3 is 65.9 Å². The molecule has 0 aliphatic carbocycles. The molecule has 0 aromatic carbocycles. The summed E-state index contributed by atoms with van der Waals surface area (Å²) in [5.41, 5.74) is 5.12. The molecule has 224 valence electrons. The van der Waals surface area contributed by atoms with Crippen molar-refractivity contribution in [3.63, 3.8) is 0 Å². The molecule has 1 aliphatic heterocycles. The number of rotatable bonds is 9. The van der Waals surface area contributed by atoms with Gasteiger partial charge in [0, 0.05) is 0 Å². The molecular weight excluding hydrogens is 580 g/mol. The number of nitrogens with one attached hydrogen (secondary N) is 1. The summed E-state index contributed by atoms with van der Waals surface area (Å²) < 4.78 is 29.0. The van der Waals surface area contributed by atoms with Crippen LogP contribution in [0.3, 0.4) is 0 Å². The molecule has 2 aromatic rings. The van der Waals surface area contributed by atoms with Crippen molar-refractivity contribution in [3.05, 3.63) is 16.7 Å². The molecule has 23 heteroatoms. The van der Waals surface area contributed by atoms with E-state index in [0.717, 1.165) is 0 Å². The molecule has 3 rings (SSSR count). The smallest absolute Gasteiger partial charge is 0.323 e. The second-order valence-electron chi connectivity index (χ2n) is 7.50. The number of nitrogens with zero attached hydrogens (tertiary/aromatic N) is 3. The fourth-order valence-electron chi connectivity index (χ4n) is 2.93. The first-order valence-corrected chi connectivity index (χ1v) is 13.0. The van der Waals surface area contributed by atoms with Crippen LogP contribution in [0, 0.1) is 0 Å². The Morgan fingerprint density at radius 2 is 1.72 bits per heavy atom. The highest BCUT2D eigenvalue weighted by atomic mass is 31.2. The standard InChI is InChI=1S/C10H13N5O5.C6H12O6.H4O5P2/c11-10-13-7-4(8(19)14-10)12-2-15(7)9-6(18)5(17)3(1-16)20-9;7-1-3(9)5(11)6(12)4(10)2-8;1-6(2)5-7(3)4/h2-3,5-6,9,16-18H,1H2,(H3,11,13,14,19);1,3-6,8-12H,2H2;6-7H,(H,1,2)(H,3,4)/t3-,5-,6-,9-;;/m1../s1. The predicted molar refractivity (Wildman–Crippen MR) is 126 cm³/mol. The van der Waals surface area contributed by atoms with E-state index in [-0.39, 0.29) is 23.4 Å². The van der Waals surface area contributed by atoms with E-state index in [1.807, 2.05) is 0 Å². The number of nitrogens with two attached hydrogens (primary N) is 1. The SMILES string of the molecule is Nc1nc2c(ncn2[C@@H]2O[C@H](CO)[C@@H](O)[C@H]2O)c(=O)[nH]1.O=CC(O)C(O)C(O)C(O)CO.O=[PH](O)O[PH](=O)O. The van der Waals surface area contributed by atoms with Crippen molar-refractivity contribution in [2.24, 2.45) is 0 Å². The number of aromatic amines is 1. The Bertz CT molecular complexity index is 1150. The first kappa shape index (κ1) is 34.8. The number of fused-ring (bicyclic) bond motifs is 1. The summed E-state index contributed by atoms with van der Waals surface area (Å²) in [5.74, 6) is -0.101. The minimum Gasteiger partial charge on any atom is -0.394 e. The van der Waals surface area contributed by atoms with Crippen LogP contribution in [0.5, 0.6) is 0 Å². The highest BCUT2D eigenvalue weighted by molar-refractivity contribution is 7.46. The molecule has 39 heavy (non-hydrogen) atoms. The van der Waals surface area contributed by atoms with E-state index in [1.54, 1.807) is 0 Å². The third-order valence-corrected chi connectivity index (χ3v) is 6.23. The minimum atomic E-state index is -3.20. The average molecular weight is 609 g/mol. The highest BCUT2D eigenvalue weighted by Gasteiger charge is 2.44. The lowest BCUT2D eigenvalue weighted by Crippen LogP contribution is -2.46. The highest BCUT2D eigenvalue weighted by Crippen LogP contribution is 2.31. The largest absolute Gasteiger partial charge is 0.394 e. The van der Waals surface area contributed by atoms with E-state index < -0.39 is 84.2 Å². The molecule has 0 bridgehead atoms. The van der Waals surface area contributed by atoms with Gasteiger partial charge in [-0.1, -0.05) is 0 Å². The van der Waals surface area contributed by atoms with Crippen molar-refractivity contribution in [1.29, 1.82) is 0 Å². The molecule has 1 aliphatic rings. The zero-order valence-corrected chi connectivity index (χ0v) is 21.5. The summed E-state index contributed by atoms with van der Waals surface area (Å²) in [4.78, 5) is 47.1. The van der Waals surface area contributed by atoms with Crippen molar-refractivity contribution >= 4 is 39.9 Å². The fourth-order valence-corrected chi connectivity index (χ4v) is 3.53. The van der Waals surface area contributed by atoms with E-state index in [4.69, 9.17) is 50.9 Å². The Morgan fingerprint density at radius 1 is 1.13 bits per heavy atom. The average Bonchev–Trinajstić information content (AvgIpc) is 3.42. The Balaban J connectivity index is 0.000000342. The zero-order chi connectivity index (χ0) is 30.0. The van der Waals surface area contributed by atoms with Crippen LogP contribution in [0.15, 0.2) is 11.1 Å². The topological polar surface area (TPSA) is 362 Å². The lowest BCUT2D eigenvalue weighted by Gasteiger charge is -2.22. The Kier molecular flexibility index (Phi) is 14.4. The number of aromatic nitrogens is 4. The van der Waals surface area contributed by atoms with E-state index in [2.05, 4.69) is 19.3 Å². The van der Waals surface area contributed by atoms with Gasteiger partial charge in [0.15, 0.2) is 23.7 Å². The molecular formula is C16H29N5O16P2. The van der Waals surface area contributed by atoms with Gasteiger partial charge in [0.05, 0.1) is 19.5 Å². The van der Waals surface area contributed by atoms with Gasteiger partial charge in [-0.25, -0.2) is 9.29 Å². The Morgan fingerprint density at radius 3 is 2.15 bits per heavy atom. The molecule has 3 heterocycles. The van der Waals surface area contributed by atoms with Gasteiger partial charge >= 0.3 is 16.5 Å². The Labute approximate surface area is 218 Å². The van der Waals surface area contributed by atoms with Gasteiger partial charge in [-0.15, -0.1) is 0 Å². The number of aliphatic hydroxyl groups is 8. The summed E-state index contributed by atoms with van der Waals surface area (Å²) in [6, 6.07) is 0. The molecule has 0 spiro atoms. The van der Waals surface area contributed by atoms with Gasteiger partial charge in [0.25, 0.3) is 5.56 Å². The molecule has 2 aromatic heterocycles. The maximum absolute atomic E-state index is 11.7. The third kappa shape index (κ3) is 9.74. The molecule has 21 nitrogen and oxygen atoms in total. The van der Waals surface area contributed by atoms with Crippen molar-refractivity contribution in [3.8, 4) is 0 Å². The van der Waals surface area contributed by atoms with E-state index in [1.165, 1.54) is 10.9 Å². The Hall–Kier alpha value is -2.20. The number of H-pyrrole nitrogens is 1. The van der Waals surface area contributed by atoms with Crippen LogP contribution >= 0.6 is 16.5 Å². The first-order chi connectivity index (χ1) is 18.2. The van der Waals surface area contributed by atoms with Crippen LogP contribution in [0.25, 0.3) is 11.2 Å². The summed E-state index contributed by atoms with van der Waals surface area (Å²) in [7, 11) is -6.40. The number of ether oxygens (including phenoxy) is 1. The van der Waals surface area contributed by atoms with Crippen LogP contribution < -0.4 is 11.3 Å². The number of imidazole rings is 1. The molecule has 1 saturated heterocycles.